The third-order valence-corrected chi connectivity index (χ3v) is 4.62. The van der Waals surface area contributed by atoms with E-state index < -0.39 is 0 Å². The fourth-order valence-corrected chi connectivity index (χ4v) is 3.18. The maximum Gasteiger partial charge on any atom is 0.270 e. The molecule has 0 aromatic carbocycles. The van der Waals surface area contributed by atoms with E-state index in [4.69, 9.17) is 9.47 Å². The number of methoxy groups -OCH3 is 1. The number of aromatic nitrogens is 3. The molecule has 1 saturated carbocycles. The van der Waals surface area contributed by atoms with Crippen LogP contribution in [0.15, 0.2) is 30.9 Å². The topological polar surface area (TPSA) is 95.3 Å². The van der Waals surface area contributed by atoms with Crippen LogP contribution in [0.4, 0.5) is 0 Å². The van der Waals surface area contributed by atoms with Gasteiger partial charge in [-0.05, 0) is 37.8 Å². The average molecular weight is 372 g/mol. The highest BCUT2D eigenvalue weighted by atomic mass is 16.5. The first kappa shape index (κ1) is 19.2. The van der Waals surface area contributed by atoms with Crippen molar-refractivity contribution in [1.29, 1.82) is 0 Å². The molecule has 1 amide bonds. The van der Waals surface area contributed by atoms with Gasteiger partial charge in [-0.2, -0.15) is 0 Å². The Morgan fingerprint density at radius 2 is 2.11 bits per heavy atom. The molecule has 2 heterocycles. The minimum atomic E-state index is -0.274. The van der Waals surface area contributed by atoms with Crippen molar-refractivity contribution in [1.82, 2.24) is 19.9 Å². The summed E-state index contributed by atoms with van der Waals surface area (Å²) < 4.78 is 12.4. The Balaban J connectivity index is 1.60. The fourth-order valence-electron chi connectivity index (χ4n) is 3.18. The van der Waals surface area contributed by atoms with Crippen molar-refractivity contribution < 1.29 is 19.1 Å². The Kier molecular flexibility index (Phi) is 6.67. The monoisotopic (exact) mass is 372 g/mol. The number of hydrogen-bond donors (Lipinski definition) is 1. The molecule has 3 rings (SSSR count). The van der Waals surface area contributed by atoms with Crippen LogP contribution in [0.2, 0.25) is 0 Å². The molecule has 0 unspecified atom stereocenters. The number of ether oxygens (including phenoxy) is 2. The van der Waals surface area contributed by atoms with E-state index in [2.05, 4.69) is 15.3 Å². The van der Waals surface area contributed by atoms with E-state index in [-0.39, 0.29) is 23.7 Å². The molecule has 27 heavy (non-hydrogen) atoms. The summed E-state index contributed by atoms with van der Waals surface area (Å²) >= 11 is 0. The molecule has 0 aliphatic heterocycles. The molecule has 0 spiro atoms. The van der Waals surface area contributed by atoms with Crippen LogP contribution in [0.25, 0.3) is 5.82 Å². The maximum absolute atomic E-state index is 12.6. The van der Waals surface area contributed by atoms with Crippen molar-refractivity contribution in [2.24, 2.45) is 0 Å². The third-order valence-electron chi connectivity index (χ3n) is 4.62. The summed E-state index contributed by atoms with van der Waals surface area (Å²) in [6.45, 7) is 1.19. The van der Waals surface area contributed by atoms with Gasteiger partial charge < -0.3 is 14.8 Å². The first-order chi connectivity index (χ1) is 13.2. The highest BCUT2D eigenvalue weighted by Gasteiger charge is 2.24. The number of amides is 1. The molecule has 8 heteroatoms. The molecule has 0 bridgehead atoms. The van der Waals surface area contributed by atoms with Crippen LogP contribution >= 0.6 is 0 Å². The summed E-state index contributed by atoms with van der Waals surface area (Å²) in [4.78, 5) is 32.2. The molecule has 1 N–H and O–H groups in total. The lowest BCUT2D eigenvalue weighted by atomic mass is 9.93. The zero-order valence-electron chi connectivity index (χ0n) is 15.3. The molecule has 0 radical (unpaired) electrons. The van der Waals surface area contributed by atoms with Gasteiger partial charge in [-0.1, -0.05) is 0 Å². The van der Waals surface area contributed by atoms with Crippen molar-refractivity contribution >= 4 is 12.2 Å². The molecular formula is C19H24N4O4. The molecular weight excluding hydrogens is 348 g/mol. The summed E-state index contributed by atoms with van der Waals surface area (Å²) in [5.41, 5.74) is 0.621. The first-order valence-electron chi connectivity index (χ1n) is 9.06. The number of carbonyl (C=O) groups is 2. The Labute approximate surface area is 157 Å². The highest BCUT2D eigenvalue weighted by Crippen LogP contribution is 2.21. The minimum absolute atomic E-state index is 0.0816. The Morgan fingerprint density at radius 3 is 2.78 bits per heavy atom. The highest BCUT2D eigenvalue weighted by molar-refractivity contribution is 5.94. The number of aldehydes is 1. The van der Waals surface area contributed by atoms with Crippen molar-refractivity contribution in [3.05, 3.63) is 42.1 Å². The van der Waals surface area contributed by atoms with Crippen LogP contribution in [0, 0.1) is 0 Å². The van der Waals surface area contributed by atoms with Crippen LogP contribution in [-0.4, -0.2) is 59.2 Å². The zero-order chi connectivity index (χ0) is 19.1. The lowest BCUT2D eigenvalue weighted by molar-refractivity contribution is -0.00409. The molecule has 1 fully saturated rings. The van der Waals surface area contributed by atoms with Gasteiger partial charge in [0.2, 0.25) is 0 Å². The van der Waals surface area contributed by atoms with Gasteiger partial charge in [0.1, 0.15) is 24.1 Å². The summed E-state index contributed by atoms with van der Waals surface area (Å²) in [7, 11) is 1.65. The second kappa shape index (κ2) is 9.38. The fraction of sp³-hybridized carbons (Fsp3) is 0.474. The molecule has 0 saturated heterocycles. The van der Waals surface area contributed by atoms with E-state index in [0.717, 1.165) is 25.7 Å². The average Bonchev–Trinajstić information content (AvgIpc) is 3.24. The van der Waals surface area contributed by atoms with Gasteiger partial charge in [0, 0.05) is 31.1 Å². The van der Waals surface area contributed by atoms with Crippen molar-refractivity contribution in [2.45, 2.75) is 37.8 Å². The Hall–Kier alpha value is -2.58. The van der Waals surface area contributed by atoms with Crippen molar-refractivity contribution in [3.8, 4) is 5.82 Å². The standard InChI is InChI=1S/C19H24N4O4/c1-26-8-9-27-16-4-2-15(3-5-16)21-19(25)17-10-14(12-24)11-18(22-17)23-7-6-20-13-23/h6-7,10-13,15-16H,2-5,8-9H2,1H3,(H,21,25). The quantitative estimate of drug-likeness (QED) is 0.561. The van der Waals surface area contributed by atoms with Crippen LogP contribution in [-0.2, 0) is 9.47 Å². The number of rotatable bonds is 8. The zero-order valence-corrected chi connectivity index (χ0v) is 15.3. The maximum atomic E-state index is 12.6. The van der Waals surface area contributed by atoms with Gasteiger partial charge in [0.15, 0.2) is 0 Å². The van der Waals surface area contributed by atoms with Crippen LogP contribution < -0.4 is 5.32 Å². The van der Waals surface area contributed by atoms with Gasteiger partial charge >= 0.3 is 0 Å². The summed E-state index contributed by atoms with van der Waals surface area (Å²) in [5.74, 6) is 0.210. The number of carbonyl (C=O) groups excluding carboxylic acids is 2. The summed E-state index contributed by atoms with van der Waals surface area (Å²) in [6.07, 6.45) is 9.33. The van der Waals surface area contributed by atoms with Gasteiger partial charge in [0.25, 0.3) is 5.91 Å². The summed E-state index contributed by atoms with van der Waals surface area (Å²) in [6, 6.07) is 3.20. The van der Waals surface area contributed by atoms with Crippen LogP contribution in [0.5, 0.6) is 0 Å². The number of nitrogens with one attached hydrogen (secondary N) is 1. The third kappa shape index (κ3) is 5.21. The van der Waals surface area contributed by atoms with Gasteiger partial charge in [0.05, 0.1) is 19.3 Å². The van der Waals surface area contributed by atoms with E-state index >= 15 is 0 Å². The van der Waals surface area contributed by atoms with Crippen LogP contribution in [0.1, 0.15) is 46.5 Å². The molecule has 0 atom stereocenters. The lowest BCUT2D eigenvalue weighted by Crippen LogP contribution is -2.39. The Morgan fingerprint density at radius 1 is 1.30 bits per heavy atom. The number of pyridine rings is 1. The largest absolute Gasteiger partial charge is 0.382 e. The minimum Gasteiger partial charge on any atom is -0.382 e. The van der Waals surface area contributed by atoms with E-state index in [1.807, 2.05) is 0 Å². The Bertz CT molecular complexity index is 755. The van der Waals surface area contributed by atoms with Crippen molar-refractivity contribution in [3.63, 3.8) is 0 Å². The van der Waals surface area contributed by atoms with Gasteiger partial charge in [-0.25, -0.2) is 9.97 Å². The summed E-state index contributed by atoms with van der Waals surface area (Å²) in [5, 5.41) is 3.02. The normalized spacial score (nSPS) is 19.6. The number of imidazole rings is 1. The van der Waals surface area contributed by atoms with E-state index in [0.29, 0.717) is 30.9 Å². The smallest absolute Gasteiger partial charge is 0.270 e. The molecule has 2 aromatic rings. The number of nitrogens with zero attached hydrogens (tertiary/aromatic N) is 3. The van der Waals surface area contributed by atoms with Crippen molar-refractivity contribution in [2.75, 3.05) is 20.3 Å². The second-order valence-electron chi connectivity index (χ2n) is 6.54. The molecule has 1 aliphatic carbocycles. The van der Waals surface area contributed by atoms with E-state index in [1.54, 1.807) is 36.5 Å². The van der Waals surface area contributed by atoms with Gasteiger partial charge in [-0.3, -0.25) is 14.2 Å². The second-order valence-corrected chi connectivity index (χ2v) is 6.54. The lowest BCUT2D eigenvalue weighted by Gasteiger charge is -2.29. The molecule has 8 nitrogen and oxygen atoms in total. The SMILES string of the molecule is COCCOC1CCC(NC(=O)c2cc(C=O)cc(-n3ccnc3)n2)CC1. The van der Waals surface area contributed by atoms with Crippen LogP contribution in [0.3, 0.4) is 0 Å². The van der Waals surface area contributed by atoms with Gasteiger partial charge in [-0.15, -0.1) is 0 Å². The predicted octanol–water partition coefficient (Wildman–Crippen LogP) is 1.78. The number of hydrogen-bond acceptors (Lipinski definition) is 6. The first-order valence-corrected chi connectivity index (χ1v) is 9.06. The molecule has 2 aromatic heterocycles. The van der Waals surface area contributed by atoms with E-state index in [9.17, 15) is 9.59 Å². The predicted molar refractivity (Wildman–Crippen MR) is 98.1 cm³/mol. The molecule has 144 valence electrons. The molecule has 1 aliphatic rings. The van der Waals surface area contributed by atoms with E-state index in [1.165, 1.54) is 6.07 Å².